The van der Waals surface area contributed by atoms with E-state index in [0.717, 1.165) is 44.5 Å². The molecule has 0 unspecified atom stereocenters. The van der Waals surface area contributed by atoms with Crippen molar-refractivity contribution >= 4 is 6.09 Å². The van der Waals surface area contributed by atoms with E-state index >= 15 is 0 Å². The molecule has 1 aromatic rings. The van der Waals surface area contributed by atoms with Crippen LogP contribution in [0.2, 0.25) is 0 Å². The molecule has 6 nitrogen and oxygen atoms in total. The molecule has 1 heterocycles. The lowest BCUT2D eigenvalue weighted by Gasteiger charge is -2.42. The van der Waals surface area contributed by atoms with Crippen LogP contribution in [0.4, 0.5) is 4.79 Å². The molecule has 1 aromatic heterocycles. The van der Waals surface area contributed by atoms with Gasteiger partial charge in [-0.15, -0.1) is 0 Å². The fourth-order valence-corrected chi connectivity index (χ4v) is 2.94. The van der Waals surface area contributed by atoms with Gasteiger partial charge in [0.1, 0.15) is 5.60 Å². The molecule has 1 aliphatic rings. The van der Waals surface area contributed by atoms with Gasteiger partial charge in [-0.05, 0) is 46.5 Å². The zero-order valence-electron chi connectivity index (χ0n) is 15.0. The maximum atomic E-state index is 12.0. The molecule has 0 atom stereocenters. The average Bonchev–Trinajstić information content (AvgIpc) is 2.73. The molecular weight excluding hydrogens is 292 g/mol. The summed E-state index contributed by atoms with van der Waals surface area (Å²) in [5.74, 6) is 0. The number of nitrogens with one attached hydrogen (secondary N) is 2. The van der Waals surface area contributed by atoms with Crippen molar-refractivity contribution in [2.24, 2.45) is 7.05 Å². The number of rotatable bonds is 6. The summed E-state index contributed by atoms with van der Waals surface area (Å²) >= 11 is 0. The number of aromatic nitrogens is 2. The molecule has 1 amide bonds. The Bertz CT molecular complexity index is 541. The fraction of sp³-hybridized carbons (Fsp3) is 0.765. The summed E-state index contributed by atoms with van der Waals surface area (Å²) in [4.78, 5) is 12.0. The van der Waals surface area contributed by atoms with Crippen molar-refractivity contribution in [3.63, 3.8) is 0 Å². The van der Waals surface area contributed by atoms with Crippen LogP contribution in [0, 0.1) is 0 Å². The Morgan fingerprint density at radius 1 is 1.43 bits per heavy atom. The average molecular weight is 322 g/mol. The van der Waals surface area contributed by atoms with E-state index in [1.54, 1.807) is 0 Å². The van der Waals surface area contributed by atoms with Crippen molar-refractivity contribution in [3.05, 3.63) is 17.5 Å². The molecule has 23 heavy (non-hydrogen) atoms. The van der Waals surface area contributed by atoms with Crippen molar-refractivity contribution < 1.29 is 9.53 Å². The maximum Gasteiger partial charge on any atom is 0.408 e. The van der Waals surface area contributed by atoms with Crippen molar-refractivity contribution in [2.75, 3.05) is 6.54 Å². The highest BCUT2D eigenvalue weighted by atomic mass is 16.6. The first kappa shape index (κ1) is 17.8. The lowest BCUT2D eigenvalue weighted by atomic mass is 9.76. The topological polar surface area (TPSA) is 68.2 Å². The third-order valence-corrected chi connectivity index (χ3v) is 4.18. The summed E-state index contributed by atoms with van der Waals surface area (Å²) in [5, 5.41) is 11.0. The summed E-state index contributed by atoms with van der Waals surface area (Å²) in [6, 6.07) is 0. The minimum Gasteiger partial charge on any atom is -0.444 e. The van der Waals surface area contributed by atoms with Gasteiger partial charge in [-0.2, -0.15) is 5.10 Å². The molecule has 0 spiro atoms. The summed E-state index contributed by atoms with van der Waals surface area (Å²) in [6.07, 6.45) is 5.79. The SMILES string of the molecule is CCc1nn(C)cc1CNCC1(NC(=O)OC(C)(C)C)CCC1. The van der Waals surface area contributed by atoms with Gasteiger partial charge < -0.3 is 15.4 Å². The number of amides is 1. The number of hydrogen-bond donors (Lipinski definition) is 2. The van der Waals surface area contributed by atoms with Crippen molar-refractivity contribution in [2.45, 2.75) is 71.1 Å². The van der Waals surface area contributed by atoms with E-state index < -0.39 is 5.60 Å². The molecule has 6 heteroatoms. The van der Waals surface area contributed by atoms with Gasteiger partial charge in [0.25, 0.3) is 0 Å². The van der Waals surface area contributed by atoms with Gasteiger partial charge in [0.15, 0.2) is 0 Å². The van der Waals surface area contributed by atoms with E-state index in [2.05, 4.69) is 28.9 Å². The van der Waals surface area contributed by atoms with Crippen LogP contribution in [0.1, 0.15) is 58.2 Å². The molecule has 1 fully saturated rings. The van der Waals surface area contributed by atoms with Crippen LogP contribution >= 0.6 is 0 Å². The monoisotopic (exact) mass is 322 g/mol. The maximum absolute atomic E-state index is 12.0. The standard InChI is InChI=1S/C17H30N4O2/c1-6-14-13(11-21(5)20-14)10-18-12-17(8-7-9-17)19-15(22)23-16(2,3)4/h11,18H,6-10,12H2,1-5H3,(H,19,22). The van der Waals surface area contributed by atoms with Crippen molar-refractivity contribution in [3.8, 4) is 0 Å². The van der Waals surface area contributed by atoms with Crippen LogP contribution in [-0.4, -0.2) is 33.6 Å². The third-order valence-electron chi connectivity index (χ3n) is 4.18. The lowest BCUT2D eigenvalue weighted by Crippen LogP contribution is -2.59. The van der Waals surface area contributed by atoms with Crippen LogP contribution in [0.15, 0.2) is 6.20 Å². The van der Waals surface area contributed by atoms with Gasteiger partial charge in [0.2, 0.25) is 0 Å². The number of aryl methyl sites for hydroxylation is 2. The van der Waals surface area contributed by atoms with E-state index in [4.69, 9.17) is 4.74 Å². The van der Waals surface area contributed by atoms with Crippen LogP contribution in [0.25, 0.3) is 0 Å². The Kier molecular flexibility index (Phi) is 5.34. The number of carbonyl (C=O) groups excluding carboxylic acids is 1. The highest BCUT2D eigenvalue weighted by Gasteiger charge is 2.39. The molecule has 2 N–H and O–H groups in total. The molecule has 0 radical (unpaired) electrons. The normalized spacial score (nSPS) is 16.7. The molecule has 1 saturated carbocycles. The Labute approximate surface area is 139 Å². The molecule has 2 rings (SSSR count). The smallest absolute Gasteiger partial charge is 0.408 e. The third kappa shape index (κ3) is 4.96. The highest BCUT2D eigenvalue weighted by Crippen LogP contribution is 2.31. The Morgan fingerprint density at radius 2 is 2.13 bits per heavy atom. The molecule has 0 aliphatic heterocycles. The van der Waals surface area contributed by atoms with E-state index in [1.807, 2.05) is 32.5 Å². The molecule has 0 aromatic carbocycles. The zero-order chi connectivity index (χ0) is 17.1. The number of ether oxygens (including phenoxy) is 1. The summed E-state index contributed by atoms with van der Waals surface area (Å²) in [6.45, 7) is 9.29. The zero-order valence-corrected chi connectivity index (χ0v) is 15.0. The number of carbonyl (C=O) groups is 1. The largest absolute Gasteiger partial charge is 0.444 e. The molecule has 0 saturated heterocycles. The first-order chi connectivity index (χ1) is 10.7. The second kappa shape index (κ2) is 6.91. The Morgan fingerprint density at radius 3 is 2.65 bits per heavy atom. The second-order valence-corrected chi connectivity index (χ2v) is 7.49. The van der Waals surface area contributed by atoms with Crippen LogP contribution in [0.3, 0.4) is 0 Å². The van der Waals surface area contributed by atoms with Gasteiger partial charge in [-0.1, -0.05) is 6.92 Å². The van der Waals surface area contributed by atoms with Gasteiger partial charge in [-0.25, -0.2) is 4.79 Å². The predicted octanol–water partition coefficient (Wildman–Crippen LogP) is 2.52. The number of alkyl carbamates (subject to hydrolysis) is 1. The van der Waals surface area contributed by atoms with E-state index in [-0.39, 0.29) is 11.6 Å². The van der Waals surface area contributed by atoms with E-state index in [0.29, 0.717) is 0 Å². The fourth-order valence-electron chi connectivity index (χ4n) is 2.94. The highest BCUT2D eigenvalue weighted by molar-refractivity contribution is 5.69. The number of nitrogens with zero attached hydrogens (tertiary/aromatic N) is 2. The first-order valence-corrected chi connectivity index (χ1v) is 8.46. The van der Waals surface area contributed by atoms with Crippen molar-refractivity contribution in [1.82, 2.24) is 20.4 Å². The summed E-state index contributed by atoms with van der Waals surface area (Å²) in [5.41, 5.74) is 1.72. The number of hydrogen-bond acceptors (Lipinski definition) is 4. The van der Waals surface area contributed by atoms with Gasteiger partial charge >= 0.3 is 6.09 Å². The van der Waals surface area contributed by atoms with Crippen molar-refractivity contribution in [1.29, 1.82) is 0 Å². The van der Waals surface area contributed by atoms with Crippen LogP contribution in [-0.2, 0) is 24.8 Å². The Balaban J connectivity index is 1.86. The Hall–Kier alpha value is -1.56. The van der Waals surface area contributed by atoms with Gasteiger partial charge in [0, 0.05) is 31.9 Å². The summed E-state index contributed by atoms with van der Waals surface area (Å²) in [7, 11) is 1.94. The quantitative estimate of drug-likeness (QED) is 0.844. The lowest BCUT2D eigenvalue weighted by molar-refractivity contribution is 0.0382. The van der Waals surface area contributed by atoms with E-state index in [1.165, 1.54) is 5.56 Å². The van der Waals surface area contributed by atoms with Crippen LogP contribution in [0.5, 0.6) is 0 Å². The van der Waals surface area contributed by atoms with Gasteiger partial charge in [-0.3, -0.25) is 4.68 Å². The first-order valence-electron chi connectivity index (χ1n) is 8.46. The molecular formula is C17H30N4O2. The molecule has 1 aliphatic carbocycles. The second-order valence-electron chi connectivity index (χ2n) is 7.49. The van der Waals surface area contributed by atoms with Crippen LogP contribution < -0.4 is 10.6 Å². The summed E-state index contributed by atoms with van der Waals surface area (Å²) < 4.78 is 7.24. The molecule has 130 valence electrons. The van der Waals surface area contributed by atoms with Gasteiger partial charge in [0.05, 0.1) is 11.2 Å². The molecule has 0 bridgehead atoms. The predicted molar refractivity (Wildman–Crippen MR) is 90.2 cm³/mol. The van der Waals surface area contributed by atoms with E-state index in [9.17, 15) is 4.79 Å². The minimum absolute atomic E-state index is 0.170. The minimum atomic E-state index is -0.464.